The van der Waals surface area contributed by atoms with Crippen LogP contribution in [0.25, 0.3) is 0 Å². The summed E-state index contributed by atoms with van der Waals surface area (Å²) < 4.78 is 0. The molecule has 0 aliphatic carbocycles. The summed E-state index contributed by atoms with van der Waals surface area (Å²) in [5, 5.41) is 10.2. The molecule has 0 fully saturated rings. The van der Waals surface area contributed by atoms with Crippen LogP contribution in [0.4, 0.5) is 11.5 Å². The minimum absolute atomic E-state index is 0.127. The van der Waals surface area contributed by atoms with Crippen LogP contribution >= 0.6 is 0 Å². The number of aromatic nitrogens is 1. The second kappa shape index (κ2) is 5.91. The van der Waals surface area contributed by atoms with E-state index in [0.29, 0.717) is 23.7 Å². The van der Waals surface area contributed by atoms with Gasteiger partial charge in [0, 0.05) is 26.8 Å². The molecule has 120 valence electrons. The fourth-order valence-electron chi connectivity index (χ4n) is 2.97. The molecule has 1 aromatic heterocycles. The summed E-state index contributed by atoms with van der Waals surface area (Å²) >= 11 is 0. The van der Waals surface area contributed by atoms with Gasteiger partial charge in [0.2, 0.25) is 0 Å². The lowest BCUT2D eigenvalue weighted by atomic mass is 9.90. The second-order valence-electron chi connectivity index (χ2n) is 6.16. The molecule has 1 N–H and O–H groups in total. The number of carbonyl (C=O) groups excluding carboxylic acids is 1. The van der Waals surface area contributed by atoms with E-state index < -0.39 is 0 Å². The van der Waals surface area contributed by atoms with E-state index in [1.165, 1.54) is 0 Å². The van der Waals surface area contributed by atoms with E-state index in [2.05, 4.69) is 11.9 Å². The molecule has 1 aromatic carbocycles. The maximum Gasteiger partial charge on any atom is 0.259 e. The molecule has 2 heterocycles. The van der Waals surface area contributed by atoms with Gasteiger partial charge in [0.1, 0.15) is 11.6 Å². The molecular weight excluding hydrogens is 290 g/mol. The molecule has 0 saturated heterocycles. The Hall–Kier alpha value is -2.56. The van der Waals surface area contributed by atoms with E-state index in [1.54, 1.807) is 23.2 Å². The fourth-order valence-corrected chi connectivity index (χ4v) is 2.97. The first-order valence-electron chi connectivity index (χ1n) is 7.76. The smallest absolute Gasteiger partial charge is 0.259 e. The van der Waals surface area contributed by atoms with Gasteiger partial charge in [-0.15, -0.1) is 0 Å². The number of para-hydroxylation sites is 1. The first-order chi connectivity index (χ1) is 11.0. The van der Waals surface area contributed by atoms with E-state index in [4.69, 9.17) is 0 Å². The molecule has 5 heteroatoms. The number of phenolic OH excluding ortho intramolecular Hbond substituents is 1. The number of anilines is 2. The molecule has 23 heavy (non-hydrogen) atoms. The summed E-state index contributed by atoms with van der Waals surface area (Å²) in [5.41, 5.74) is 2.18. The lowest BCUT2D eigenvalue weighted by Crippen LogP contribution is -2.36. The summed E-state index contributed by atoms with van der Waals surface area (Å²) in [6.45, 7) is 2.72. The van der Waals surface area contributed by atoms with E-state index in [0.717, 1.165) is 17.8 Å². The number of rotatable bonds is 2. The Morgan fingerprint density at radius 3 is 2.74 bits per heavy atom. The standard InChI is InChI=1S/C18H21N3O2/c1-12-9-10-21(17-14(12)5-4-6-15(17)22)18(23)13-7-8-16(19-11-13)20(2)3/h4-8,11-12,22H,9-10H2,1-3H3. The van der Waals surface area contributed by atoms with Gasteiger partial charge in [-0.1, -0.05) is 19.1 Å². The molecule has 2 aromatic rings. The van der Waals surface area contributed by atoms with E-state index in [-0.39, 0.29) is 11.7 Å². The minimum atomic E-state index is -0.127. The molecule has 3 rings (SSSR count). The van der Waals surface area contributed by atoms with Gasteiger partial charge in [-0.05, 0) is 36.1 Å². The first-order valence-corrected chi connectivity index (χ1v) is 7.76. The number of hydrogen-bond acceptors (Lipinski definition) is 4. The monoisotopic (exact) mass is 311 g/mol. The van der Waals surface area contributed by atoms with Crippen LogP contribution in [-0.4, -0.2) is 36.6 Å². The zero-order valence-electron chi connectivity index (χ0n) is 13.7. The highest BCUT2D eigenvalue weighted by atomic mass is 16.3. The number of carbonyl (C=O) groups is 1. The van der Waals surface area contributed by atoms with Crippen LogP contribution in [0.3, 0.4) is 0 Å². The topological polar surface area (TPSA) is 56.7 Å². The maximum atomic E-state index is 12.9. The summed E-state index contributed by atoms with van der Waals surface area (Å²) in [4.78, 5) is 20.7. The number of benzene rings is 1. The van der Waals surface area contributed by atoms with Crippen LogP contribution in [0, 0.1) is 0 Å². The molecule has 0 radical (unpaired) electrons. The van der Waals surface area contributed by atoms with Crippen molar-refractivity contribution in [2.45, 2.75) is 19.3 Å². The van der Waals surface area contributed by atoms with Crippen molar-refractivity contribution < 1.29 is 9.90 Å². The van der Waals surface area contributed by atoms with Crippen molar-refractivity contribution in [2.24, 2.45) is 0 Å². The molecule has 1 aliphatic rings. The Morgan fingerprint density at radius 2 is 2.09 bits per heavy atom. The Labute approximate surface area is 136 Å². The highest BCUT2D eigenvalue weighted by Gasteiger charge is 2.29. The third-order valence-electron chi connectivity index (χ3n) is 4.33. The van der Waals surface area contributed by atoms with Crippen LogP contribution in [0.1, 0.15) is 35.2 Å². The Balaban J connectivity index is 1.96. The summed E-state index contributed by atoms with van der Waals surface area (Å²) in [5.74, 6) is 1.16. The normalized spacial score (nSPS) is 16.8. The van der Waals surface area contributed by atoms with Gasteiger partial charge >= 0.3 is 0 Å². The predicted octanol–water partition coefficient (Wildman–Crippen LogP) is 3.01. The maximum absolute atomic E-state index is 12.9. The summed E-state index contributed by atoms with van der Waals surface area (Å²) in [6.07, 6.45) is 2.47. The van der Waals surface area contributed by atoms with Crippen LogP contribution in [0.5, 0.6) is 5.75 Å². The van der Waals surface area contributed by atoms with Crippen molar-refractivity contribution in [3.05, 3.63) is 47.7 Å². The number of fused-ring (bicyclic) bond motifs is 1. The van der Waals surface area contributed by atoms with Gasteiger partial charge in [0.15, 0.2) is 0 Å². The molecule has 1 unspecified atom stereocenters. The molecule has 0 saturated carbocycles. The van der Waals surface area contributed by atoms with Crippen molar-refractivity contribution in [3.8, 4) is 5.75 Å². The number of amides is 1. The van der Waals surface area contributed by atoms with Crippen molar-refractivity contribution >= 4 is 17.4 Å². The van der Waals surface area contributed by atoms with Gasteiger partial charge in [-0.3, -0.25) is 4.79 Å². The minimum Gasteiger partial charge on any atom is -0.506 e. The average molecular weight is 311 g/mol. The zero-order chi connectivity index (χ0) is 16.6. The average Bonchev–Trinajstić information content (AvgIpc) is 2.55. The number of hydrogen-bond donors (Lipinski definition) is 1. The molecular formula is C18H21N3O2. The van der Waals surface area contributed by atoms with Gasteiger partial charge in [-0.2, -0.15) is 0 Å². The van der Waals surface area contributed by atoms with Gasteiger partial charge < -0.3 is 14.9 Å². The van der Waals surface area contributed by atoms with E-state index in [1.807, 2.05) is 37.2 Å². The Morgan fingerprint density at radius 1 is 1.30 bits per heavy atom. The number of phenols is 1. The predicted molar refractivity (Wildman–Crippen MR) is 91.4 cm³/mol. The van der Waals surface area contributed by atoms with Crippen molar-refractivity contribution in [1.29, 1.82) is 0 Å². The molecule has 1 atom stereocenters. The molecule has 1 aliphatic heterocycles. The second-order valence-corrected chi connectivity index (χ2v) is 6.16. The Kier molecular flexibility index (Phi) is 3.94. The summed E-state index contributed by atoms with van der Waals surface area (Å²) in [6, 6.07) is 9.04. The quantitative estimate of drug-likeness (QED) is 0.926. The highest BCUT2D eigenvalue weighted by molar-refractivity contribution is 6.07. The highest BCUT2D eigenvalue weighted by Crippen LogP contribution is 2.41. The molecule has 0 spiro atoms. The van der Waals surface area contributed by atoms with Crippen LogP contribution in [0.15, 0.2) is 36.5 Å². The fraction of sp³-hybridized carbons (Fsp3) is 0.333. The first kappa shape index (κ1) is 15.3. The SMILES string of the molecule is CC1CCN(C(=O)c2ccc(N(C)C)nc2)c2c(O)cccc21. The van der Waals surface area contributed by atoms with Gasteiger partial charge in [0.05, 0.1) is 11.3 Å². The van der Waals surface area contributed by atoms with E-state index >= 15 is 0 Å². The lowest BCUT2D eigenvalue weighted by molar-refractivity contribution is 0.0983. The molecule has 1 amide bonds. The van der Waals surface area contributed by atoms with Crippen molar-refractivity contribution in [1.82, 2.24) is 4.98 Å². The third-order valence-corrected chi connectivity index (χ3v) is 4.33. The number of nitrogens with zero attached hydrogens (tertiary/aromatic N) is 3. The van der Waals surface area contributed by atoms with Crippen LogP contribution < -0.4 is 9.80 Å². The van der Waals surface area contributed by atoms with Gasteiger partial charge in [-0.25, -0.2) is 4.98 Å². The summed E-state index contributed by atoms with van der Waals surface area (Å²) in [7, 11) is 3.81. The largest absolute Gasteiger partial charge is 0.506 e. The number of aromatic hydroxyl groups is 1. The van der Waals surface area contributed by atoms with Crippen molar-refractivity contribution in [3.63, 3.8) is 0 Å². The molecule has 5 nitrogen and oxygen atoms in total. The zero-order valence-corrected chi connectivity index (χ0v) is 13.7. The molecule has 0 bridgehead atoms. The Bertz CT molecular complexity index is 726. The number of pyridine rings is 1. The van der Waals surface area contributed by atoms with Crippen LogP contribution in [-0.2, 0) is 0 Å². The van der Waals surface area contributed by atoms with Gasteiger partial charge in [0.25, 0.3) is 5.91 Å². The van der Waals surface area contributed by atoms with E-state index in [9.17, 15) is 9.90 Å². The third kappa shape index (κ3) is 2.74. The lowest BCUT2D eigenvalue weighted by Gasteiger charge is -2.33. The van der Waals surface area contributed by atoms with Crippen molar-refractivity contribution in [2.75, 3.05) is 30.4 Å². The van der Waals surface area contributed by atoms with Crippen LogP contribution in [0.2, 0.25) is 0 Å².